The first-order valence-electron chi connectivity index (χ1n) is 30.5. The summed E-state index contributed by atoms with van der Waals surface area (Å²) < 4.78 is 71.8. The molecule has 5 aromatic rings. The summed E-state index contributed by atoms with van der Waals surface area (Å²) in [6.45, 7) is 11.7. The van der Waals surface area contributed by atoms with Crippen LogP contribution < -0.4 is 34.2 Å². The van der Waals surface area contributed by atoms with Crippen molar-refractivity contribution >= 4 is 78.3 Å². The van der Waals surface area contributed by atoms with E-state index in [1.54, 1.807) is 13.2 Å². The van der Waals surface area contributed by atoms with Gasteiger partial charge < -0.3 is 48.4 Å². The molecule has 2 N–H and O–H groups in total. The highest BCUT2D eigenvalue weighted by atomic mass is 33.1. The Morgan fingerprint density at radius 1 is 0.719 bits per heavy atom. The predicted octanol–water partition coefficient (Wildman–Crippen LogP) is 9.31. The number of hydrogen-bond acceptors (Lipinski definition) is 16. The number of methoxy groups -OCH3 is 1. The van der Waals surface area contributed by atoms with Crippen molar-refractivity contribution in [1.29, 1.82) is 0 Å². The van der Waals surface area contributed by atoms with Gasteiger partial charge in [-0.1, -0.05) is 64.9 Å². The highest BCUT2D eigenvalue weighted by Gasteiger charge is 2.40. The molecule has 0 aromatic heterocycles. The average Bonchev–Trinajstić information content (AvgIpc) is 1.66. The highest BCUT2D eigenvalue weighted by Crippen LogP contribution is 2.43. The Morgan fingerprint density at radius 3 is 1.85 bits per heavy atom. The first kappa shape index (κ1) is 65.0. The molecule has 10 rings (SSSR count). The summed E-state index contributed by atoms with van der Waals surface area (Å²) in [5.74, 6) is -0.264. The van der Waals surface area contributed by atoms with Crippen LogP contribution in [0.5, 0.6) is 17.2 Å². The minimum Gasteiger partial charge on any atom is -0.493 e. The quantitative estimate of drug-likeness (QED) is 0.0183. The number of aryl methyl sites for hydroxylation is 3. The number of nitrogens with zero attached hydrogens (tertiary/aromatic N) is 4. The number of rotatable bonds is 31. The van der Waals surface area contributed by atoms with Crippen LogP contribution in [0.4, 0.5) is 17.1 Å². The van der Waals surface area contributed by atoms with Gasteiger partial charge in [0.15, 0.2) is 16.7 Å². The van der Waals surface area contributed by atoms with Crippen LogP contribution in [0.2, 0.25) is 0 Å². The molecule has 89 heavy (non-hydrogen) atoms. The summed E-state index contributed by atoms with van der Waals surface area (Å²) in [7, 11) is -0.372. The van der Waals surface area contributed by atoms with Crippen molar-refractivity contribution in [1.82, 2.24) is 10.2 Å². The molecule has 0 radical (unpaired) electrons. The zero-order valence-corrected chi connectivity index (χ0v) is 53.6. The van der Waals surface area contributed by atoms with Crippen LogP contribution in [-0.2, 0) is 77.6 Å². The topological polar surface area (TPSA) is 220 Å². The number of anilines is 3. The van der Waals surface area contributed by atoms with Gasteiger partial charge in [0.2, 0.25) is 5.91 Å². The number of ether oxygens (including phenoxy) is 6. The number of carbonyl (C=O) groups excluding carboxylic acids is 5. The summed E-state index contributed by atoms with van der Waals surface area (Å²) in [5, 5.41) is 0.685. The Morgan fingerprint density at radius 2 is 1.27 bits per heavy atom. The molecule has 5 amide bonds. The lowest BCUT2D eigenvalue weighted by Gasteiger charge is -2.34. The fourth-order valence-corrected chi connectivity index (χ4v) is 15.8. The van der Waals surface area contributed by atoms with Crippen LogP contribution in [0.15, 0.2) is 103 Å². The molecule has 5 aliphatic heterocycles. The summed E-state index contributed by atoms with van der Waals surface area (Å²) in [5.41, 5.74) is 10.8. The van der Waals surface area contributed by atoms with Crippen molar-refractivity contribution in [3.05, 3.63) is 153 Å². The van der Waals surface area contributed by atoms with Crippen LogP contribution in [0, 0.1) is 6.92 Å². The number of imide groups is 1. The third kappa shape index (κ3) is 15.8. The van der Waals surface area contributed by atoms with Gasteiger partial charge in [0.25, 0.3) is 33.7 Å². The summed E-state index contributed by atoms with van der Waals surface area (Å²) in [6, 6.07) is 30.3. The molecular weight excluding hydrogens is 1190 g/mol. The maximum atomic E-state index is 14.4. The molecule has 0 aliphatic carbocycles. The summed E-state index contributed by atoms with van der Waals surface area (Å²) in [4.78, 5) is 73.0. The number of carbonyl (C=O) groups is 5. The Balaban J connectivity index is 0.894. The largest absolute Gasteiger partial charge is 0.493 e. The lowest BCUT2D eigenvalue weighted by molar-refractivity contribution is -0.137. The van der Waals surface area contributed by atoms with E-state index in [1.807, 2.05) is 71.3 Å². The summed E-state index contributed by atoms with van der Waals surface area (Å²) >= 11 is 0. The van der Waals surface area contributed by atoms with Crippen LogP contribution >= 0.6 is 21.6 Å². The van der Waals surface area contributed by atoms with Crippen molar-refractivity contribution in [3.63, 3.8) is 0 Å². The molecule has 5 aromatic carbocycles. The third-order valence-corrected chi connectivity index (χ3v) is 21.1. The van der Waals surface area contributed by atoms with Gasteiger partial charge in [-0.3, -0.25) is 33.4 Å². The zero-order chi connectivity index (χ0) is 62.8. The third-order valence-electron chi connectivity index (χ3n) is 16.6. The van der Waals surface area contributed by atoms with Gasteiger partial charge in [0, 0.05) is 95.7 Å². The van der Waals surface area contributed by atoms with Crippen molar-refractivity contribution in [2.45, 2.75) is 114 Å². The second-order valence-corrected chi connectivity index (χ2v) is 28.3. The van der Waals surface area contributed by atoms with E-state index in [2.05, 4.69) is 61.3 Å². The molecule has 22 heteroatoms. The molecule has 5 aliphatic rings. The lowest BCUT2D eigenvalue weighted by atomic mass is 9.98. The van der Waals surface area contributed by atoms with Crippen LogP contribution in [0.1, 0.15) is 106 Å². The van der Waals surface area contributed by atoms with E-state index in [-0.39, 0.29) is 62.4 Å². The SMILES string of the molecule is CCCOCCOCCOCCN(CC(C)(C)SSCCC(C(=O)NCCN1C(=O)C=CC1=O)S(=O)(=O)O)c1cc(COc2cc3c(cc2C)C(=O)N2c4ccccc4C[C@H]2CC3)cc(COc2cc3c(cc2OC)C(=O)N2c4ccccc4C[C@H]2CC3)c1. The molecule has 0 spiro atoms. The summed E-state index contributed by atoms with van der Waals surface area (Å²) in [6.07, 6.45) is 7.60. The van der Waals surface area contributed by atoms with Gasteiger partial charge in [0.1, 0.15) is 19.0 Å². The molecule has 0 saturated heterocycles. The average molecular weight is 1270 g/mol. The number of benzene rings is 5. The van der Waals surface area contributed by atoms with Gasteiger partial charge in [-0.15, -0.1) is 0 Å². The molecule has 1 unspecified atom stereocenters. The molecule has 19 nitrogen and oxygen atoms in total. The van der Waals surface area contributed by atoms with Crippen molar-refractivity contribution in [3.8, 4) is 17.2 Å². The minimum atomic E-state index is -4.82. The van der Waals surface area contributed by atoms with Gasteiger partial charge in [-0.05, 0) is 166 Å². The van der Waals surface area contributed by atoms with Crippen LogP contribution in [0.3, 0.4) is 0 Å². The number of amides is 5. The minimum absolute atomic E-state index is 0.00360. The molecule has 5 heterocycles. The van der Waals surface area contributed by atoms with E-state index in [1.165, 1.54) is 32.7 Å². The first-order valence-corrected chi connectivity index (χ1v) is 34.3. The van der Waals surface area contributed by atoms with Gasteiger partial charge in [-0.2, -0.15) is 8.42 Å². The Bertz CT molecular complexity index is 3560. The van der Waals surface area contributed by atoms with E-state index < -0.39 is 37.8 Å². The van der Waals surface area contributed by atoms with E-state index in [0.29, 0.717) is 87.5 Å². The zero-order valence-electron chi connectivity index (χ0n) is 51.2. The molecular formula is C67H79N5O14S3. The molecule has 0 fully saturated rings. The van der Waals surface area contributed by atoms with E-state index >= 15 is 0 Å². The molecule has 3 atom stereocenters. The van der Waals surface area contributed by atoms with Gasteiger partial charge >= 0.3 is 0 Å². The first-order chi connectivity index (χ1) is 42.9. The second-order valence-electron chi connectivity index (χ2n) is 23.6. The van der Waals surface area contributed by atoms with Gasteiger partial charge in [0.05, 0.1) is 40.1 Å². The van der Waals surface area contributed by atoms with Gasteiger partial charge in [-0.25, -0.2) is 0 Å². The fraction of sp³-hybridized carbons (Fsp3) is 0.448. The van der Waals surface area contributed by atoms with Crippen molar-refractivity contribution < 1.29 is 65.4 Å². The standard InChI is InChI=1S/C67H79N5O14S3/c1-6-25-82-27-29-84-30-28-83-26-24-69(43-67(3,4)88-87-31-21-61(89(78,79)80)64(75)68-22-23-70-62(73)19-20-63(70)74)53-34-45(41-85-58-38-47-15-17-51-36-49-11-7-9-13-56(49)71(51)65(76)54(47)32-44(58)2)33-46(35-53)42-86-60-39-48-16-18-52-37-50-12-8-10-14-57(50)72(52)66(77)55(48)40-59(60)81-5/h7-14,19-20,32-35,38-40,51-52,61H,6,15-18,21-31,36-37,41-43H2,1-5H3,(H,68,75)(H,78,79,80)/t51-,52-,61?/m1/s1. The highest BCUT2D eigenvalue weighted by molar-refractivity contribution is 8.77. The maximum absolute atomic E-state index is 14.4. The van der Waals surface area contributed by atoms with Crippen molar-refractivity contribution in [2.24, 2.45) is 0 Å². The molecule has 0 bridgehead atoms. The number of nitrogens with one attached hydrogen (secondary N) is 1. The van der Waals surface area contributed by atoms with E-state index in [0.717, 1.165) is 100 Å². The predicted molar refractivity (Wildman–Crippen MR) is 345 cm³/mol. The number of fused-ring (bicyclic) bond motifs is 8. The monoisotopic (exact) mass is 1270 g/mol. The van der Waals surface area contributed by atoms with Crippen molar-refractivity contribution in [2.75, 3.05) is 93.4 Å². The van der Waals surface area contributed by atoms with Crippen LogP contribution in [0.25, 0.3) is 0 Å². The maximum Gasteiger partial charge on any atom is 0.276 e. The van der Waals surface area contributed by atoms with E-state index in [9.17, 15) is 36.9 Å². The smallest absolute Gasteiger partial charge is 0.276 e. The Labute approximate surface area is 529 Å². The van der Waals surface area contributed by atoms with E-state index in [4.69, 9.17) is 28.4 Å². The number of hydrogen-bond donors (Lipinski definition) is 2. The normalized spacial score (nSPS) is 17.1. The Kier molecular flexibility index (Phi) is 21.5. The molecule has 474 valence electrons. The lowest BCUT2D eigenvalue weighted by Crippen LogP contribution is -2.44. The van der Waals surface area contributed by atoms with Crippen LogP contribution in [-0.4, -0.2) is 148 Å². The number of para-hydroxylation sites is 2. The molecule has 0 saturated carbocycles. The second kappa shape index (κ2) is 29.4. The Hall–Kier alpha value is -6.92. The fourth-order valence-electron chi connectivity index (χ4n) is 12.3.